The van der Waals surface area contributed by atoms with E-state index in [9.17, 15) is 4.39 Å². The van der Waals surface area contributed by atoms with Gasteiger partial charge in [0.2, 0.25) is 5.89 Å². The zero-order valence-electron chi connectivity index (χ0n) is 14.3. The molecule has 1 aliphatic carbocycles. The van der Waals surface area contributed by atoms with Gasteiger partial charge in [0.1, 0.15) is 12.1 Å². The lowest BCUT2D eigenvalue weighted by Crippen LogP contribution is -2.27. The molecule has 0 aliphatic heterocycles. The van der Waals surface area contributed by atoms with Gasteiger partial charge in [-0.25, -0.2) is 9.37 Å². The second-order valence-electron chi connectivity index (χ2n) is 6.67. The molecule has 4 heteroatoms. The van der Waals surface area contributed by atoms with Crippen LogP contribution < -0.4 is 0 Å². The van der Waals surface area contributed by atoms with Gasteiger partial charge in [0, 0.05) is 18.2 Å². The third-order valence-electron chi connectivity index (χ3n) is 4.92. The lowest BCUT2D eigenvalue weighted by Gasteiger charge is -2.32. The fourth-order valence-corrected chi connectivity index (χ4v) is 3.66. The summed E-state index contributed by atoms with van der Waals surface area (Å²) < 4.78 is 18.6. The molecule has 3 aromatic rings. The summed E-state index contributed by atoms with van der Waals surface area (Å²) in [6, 6.07) is 15.3. The summed E-state index contributed by atoms with van der Waals surface area (Å²) in [5.74, 6) is 0.277. The van der Waals surface area contributed by atoms with Gasteiger partial charge < -0.3 is 4.42 Å². The van der Waals surface area contributed by atoms with E-state index in [1.807, 2.05) is 0 Å². The molecule has 0 N–H and O–H groups in total. The molecular formula is C21H21FN2O. The van der Waals surface area contributed by atoms with Crippen LogP contribution in [0.3, 0.4) is 0 Å². The Labute approximate surface area is 147 Å². The molecule has 1 heterocycles. The number of hydrogen-bond donors (Lipinski definition) is 0. The molecule has 0 fully saturated rings. The summed E-state index contributed by atoms with van der Waals surface area (Å²) in [4.78, 5) is 6.91. The summed E-state index contributed by atoms with van der Waals surface area (Å²) in [5.41, 5.74) is 4.57. The predicted octanol–water partition coefficient (Wildman–Crippen LogP) is 4.99. The molecule has 1 aliphatic rings. The minimum Gasteiger partial charge on any atom is -0.444 e. The molecule has 3 nitrogen and oxygen atoms in total. The van der Waals surface area contributed by atoms with Gasteiger partial charge in [-0.05, 0) is 61.7 Å². The first-order chi connectivity index (χ1) is 12.2. The predicted molar refractivity (Wildman–Crippen MR) is 95.5 cm³/mol. The third kappa shape index (κ3) is 3.35. The molecule has 0 saturated heterocycles. The van der Waals surface area contributed by atoms with E-state index in [0.717, 1.165) is 24.2 Å². The smallest absolute Gasteiger partial charge is 0.226 e. The fraction of sp³-hybridized carbons (Fsp3) is 0.286. The molecule has 0 radical (unpaired) electrons. The normalized spacial score (nSPS) is 16.8. The van der Waals surface area contributed by atoms with Gasteiger partial charge in [-0.3, -0.25) is 4.90 Å². The van der Waals surface area contributed by atoms with Crippen molar-refractivity contribution in [1.29, 1.82) is 0 Å². The van der Waals surface area contributed by atoms with Crippen LogP contribution in [0.2, 0.25) is 0 Å². The Balaban J connectivity index is 1.50. The summed E-state index contributed by atoms with van der Waals surface area (Å²) in [6.07, 6.45) is 5.24. The highest BCUT2D eigenvalue weighted by atomic mass is 19.1. The van der Waals surface area contributed by atoms with Crippen molar-refractivity contribution in [2.24, 2.45) is 0 Å². The molecule has 0 spiro atoms. The monoisotopic (exact) mass is 336 g/mol. The van der Waals surface area contributed by atoms with Gasteiger partial charge >= 0.3 is 0 Å². The van der Waals surface area contributed by atoms with Crippen LogP contribution in [0.4, 0.5) is 4.39 Å². The average Bonchev–Trinajstić information content (AvgIpc) is 3.10. The van der Waals surface area contributed by atoms with Crippen molar-refractivity contribution in [1.82, 2.24) is 9.88 Å². The van der Waals surface area contributed by atoms with Crippen molar-refractivity contribution in [3.63, 3.8) is 0 Å². The topological polar surface area (TPSA) is 29.3 Å². The van der Waals surface area contributed by atoms with Gasteiger partial charge in [0.25, 0.3) is 0 Å². The maximum Gasteiger partial charge on any atom is 0.226 e. The van der Waals surface area contributed by atoms with E-state index < -0.39 is 0 Å². The van der Waals surface area contributed by atoms with Crippen molar-refractivity contribution in [2.45, 2.75) is 31.8 Å². The second-order valence-corrected chi connectivity index (χ2v) is 6.67. The van der Waals surface area contributed by atoms with Crippen LogP contribution in [-0.2, 0) is 13.0 Å². The number of aromatic nitrogens is 1. The number of oxazole rings is 1. The third-order valence-corrected chi connectivity index (χ3v) is 4.92. The van der Waals surface area contributed by atoms with Crippen LogP contribution in [0, 0.1) is 5.82 Å². The Bertz CT molecular complexity index is 856. The first-order valence-electron chi connectivity index (χ1n) is 8.69. The number of halogens is 1. The SMILES string of the molecule is CN(Cc1coc(-c2ccc(F)cc2)n1)C1CCCc2ccccc21. The van der Waals surface area contributed by atoms with Crippen molar-refractivity contribution >= 4 is 0 Å². The van der Waals surface area contributed by atoms with Crippen LogP contribution in [0.25, 0.3) is 11.5 Å². The molecule has 1 unspecified atom stereocenters. The minimum absolute atomic E-state index is 0.258. The summed E-state index contributed by atoms with van der Waals surface area (Å²) in [7, 11) is 2.14. The maximum atomic E-state index is 13.0. The zero-order chi connectivity index (χ0) is 17.2. The van der Waals surface area contributed by atoms with E-state index in [1.165, 1.54) is 36.1 Å². The van der Waals surface area contributed by atoms with Crippen LogP contribution in [-0.4, -0.2) is 16.9 Å². The molecule has 2 aromatic carbocycles. The Hall–Kier alpha value is -2.46. The van der Waals surface area contributed by atoms with Crippen molar-refractivity contribution < 1.29 is 8.81 Å². The lowest BCUT2D eigenvalue weighted by atomic mass is 9.87. The second kappa shape index (κ2) is 6.81. The Morgan fingerprint density at radius 3 is 2.80 bits per heavy atom. The highest BCUT2D eigenvalue weighted by Crippen LogP contribution is 2.34. The number of nitrogens with zero attached hydrogens (tertiary/aromatic N) is 2. The van der Waals surface area contributed by atoms with E-state index in [-0.39, 0.29) is 5.82 Å². The lowest BCUT2D eigenvalue weighted by molar-refractivity contribution is 0.211. The fourth-order valence-electron chi connectivity index (χ4n) is 3.66. The van der Waals surface area contributed by atoms with Crippen molar-refractivity contribution in [2.75, 3.05) is 7.05 Å². The minimum atomic E-state index is -0.258. The highest BCUT2D eigenvalue weighted by molar-refractivity contribution is 5.52. The average molecular weight is 336 g/mol. The Morgan fingerprint density at radius 2 is 1.96 bits per heavy atom. The van der Waals surface area contributed by atoms with E-state index in [4.69, 9.17) is 4.42 Å². The van der Waals surface area contributed by atoms with Gasteiger partial charge in [0.15, 0.2) is 0 Å². The van der Waals surface area contributed by atoms with Gasteiger partial charge in [-0.2, -0.15) is 0 Å². The molecule has 0 amide bonds. The quantitative estimate of drug-likeness (QED) is 0.672. The van der Waals surface area contributed by atoms with E-state index in [1.54, 1.807) is 18.4 Å². The van der Waals surface area contributed by atoms with Crippen LogP contribution in [0.15, 0.2) is 59.2 Å². The van der Waals surface area contributed by atoms with Gasteiger partial charge in [-0.1, -0.05) is 24.3 Å². The van der Waals surface area contributed by atoms with Crippen LogP contribution in [0.1, 0.15) is 35.7 Å². The van der Waals surface area contributed by atoms with Crippen LogP contribution in [0.5, 0.6) is 0 Å². The van der Waals surface area contributed by atoms with Crippen molar-refractivity contribution in [3.8, 4) is 11.5 Å². The number of rotatable bonds is 4. The van der Waals surface area contributed by atoms with E-state index in [2.05, 4.69) is 41.2 Å². The first-order valence-corrected chi connectivity index (χ1v) is 8.69. The number of aryl methyl sites for hydroxylation is 1. The molecule has 0 saturated carbocycles. The summed E-state index contributed by atoms with van der Waals surface area (Å²) >= 11 is 0. The molecular weight excluding hydrogens is 315 g/mol. The molecule has 0 bridgehead atoms. The number of hydrogen-bond acceptors (Lipinski definition) is 3. The van der Waals surface area contributed by atoms with E-state index in [0.29, 0.717) is 11.9 Å². The standard InChI is InChI=1S/C21H21FN2O/c1-24(20-8-4-6-15-5-2-3-7-19(15)20)13-18-14-25-21(23-18)16-9-11-17(22)12-10-16/h2-3,5,7,9-12,14,20H,4,6,8,13H2,1H3. The maximum absolute atomic E-state index is 13.0. The van der Waals surface area contributed by atoms with Gasteiger partial charge in [-0.15, -0.1) is 0 Å². The molecule has 1 aromatic heterocycles. The largest absolute Gasteiger partial charge is 0.444 e. The number of fused-ring (bicyclic) bond motifs is 1. The first kappa shape index (κ1) is 16.0. The number of benzene rings is 2. The van der Waals surface area contributed by atoms with Gasteiger partial charge in [0.05, 0.1) is 5.69 Å². The summed E-state index contributed by atoms with van der Waals surface area (Å²) in [6.45, 7) is 0.726. The molecule has 4 rings (SSSR count). The molecule has 128 valence electrons. The van der Waals surface area contributed by atoms with E-state index >= 15 is 0 Å². The Kier molecular flexibility index (Phi) is 4.36. The summed E-state index contributed by atoms with van der Waals surface area (Å²) in [5, 5.41) is 0. The van der Waals surface area contributed by atoms with Crippen molar-refractivity contribution in [3.05, 3.63) is 77.4 Å². The zero-order valence-corrected chi connectivity index (χ0v) is 14.3. The Morgan fingerprint density at radius 1 is 1.16 bits per heavy atom. The molecule has 1 atom stereocenters. The molecule has 25 heavy (non-hydrogen) atoms. The van der Waals surface area contributed by atoms with Crippen LogP contribution >= 0.6 is 0 Å². The highest BCUT2D eigenvalue weighted by Gasteiger charge is 2.24.